The van der Waals surface area contributed by atoms with E-state index >= 15 is 0 Å². The first kappa shape index (κ1) is 14.0. The highest BCUT2D eigenvalue weighted by Gasteiger charge is 2.46. The molecule has 0 fully saturated rings. The van der Waals surface area contributed by atoms with Crippen molar-refractivity contribution in [1.82, 2.24) is 9.78 Å². The second kappa shape index (κ2) is 5.09. The average Bonchev–Trinajstić information content (AvgIpc) is 2.93. The van der Waals surface area contributed by atoms with Crippen molar-refractivity contribution in [2.24, 2.45) is 0 Å². The SMILES string of the molecule is CCc1ccc([C@@H]2C[C@H](C(F)(F)F)n3nccc3N2)cc1. The highest BCUT2D eigenvalue weighted by atomic mass is 19.4. The summed E-state index contributed by atoms with van der Waals surface area (Å²) in [6.45, 7) is 2.05. The van der Waals surface area contributed by atoms with Gasteiger partial charge in [-0.1, -0.05) is 31.2 Å². The van der Waals surface area contributed by atoms with Crippen LogP contribution in [-0.2, 0) is 6.42 Å². The quantitative estimate of drug-likeness (QED) is 0.903. The number of hydrogen-bond acceptors (Lipinski definition) is 2. The lowest BCUT2D eigenvalue weighted by Gasteiger charge is -2.33. The highest BCUT2D eigenvalue weighted by Crippen LogP contribution is 2.43. The van der Waals surface area contributed by atoms with E-state index in [-0.39, 0.29) is 12.5 Å². The van der Waals surface area contributed by atoms with E-state index in [4.69, 9.17) is 0 Å². The Labute approximate surface area is 120 Å². The molecule has 2 heterocycles. The molecule has 1 aliphatic heterocycles. The molecular weight excluding hydrogens is 279 g/mol. The fourth-order valence-corrected chi connectivity index (χ4v) is 2.71. The molecule has 0 amide bonds. The van der Waals surface area contributed by atoms with Crippen LogP contribution in [0.1, 0.15) is 36.6 Å². The Hall–Kier alpha value is -1.98. The summed E-state index contributed by atoms with van der Waals surface area (Å²) in [7, 11) is 0. The number of fused-ring (bicyclic) bond motifs is 1. The number of aryl methyl sites for hydroxylation is 1. The van der Waals surface area contributed by atoms with Gasteiger partial charge < -0.3 is 5.32 Å². The van der Waals surface area contributed by atoms with Gasteiger partial charge in [-0.2, -0.15) is 18.3 Å². The molecule has 6 heteroatoms. The predicted octanol–water partition coefficient (Wildman–Crippen LogP) is 4.11. The van der Waals surface area contributed by atoms with Crippen LogP contribution in [0.15, 0.2) is 36.5 Å². The molecule has 0 bridgehead atoms. The number of alkyl halides is 3. The second-order valence-electron chi connectivity index (χ2n) is 5.25. The third-order valence-corrected chi connectivity index (χ3v) is 3.91. The van der Waals surface area contributed by atoms with Crippen molar-refractivity contribution in [2.75, 3.05) is 5.32 Å². The van der Waals surface area contributed by atoms with Gasteiger partial charge in [-0.3, -0.25) is 0 Å². The van der Waals surface area contributed by atoms with E-state index < -0.39 is 12.2 Å². The molecule has 2 aromatic rings. The van der Waals surface area contributed by atoms with Gasteiger partial charge in [-0.15, -0.1) is 0 Å². The summed E-state index contributed by atoms with van der Waals surface area (Å²) in [6.07, 6.45) is -2.05. The smallest absolute Gasteiger partial charge is 0.363 e. The molecule has 1 aliphatic rings. The minimum absolute atomic E-state index is 0.0519. The molecule has 0 saturated heterocycles. The number of rotatable bonds is 2. The zero-order valence-electron chi connectivity index (χ0n) is 11.6. The standard InChI is InChI=1S/C15H16F3N3/c1-2-10-3-5-11(6-4-10)12-9-13(15(16,17)18)21-14(20-12)7-8-19-21/h3-8,12-13,20H,2,9H2,1H3/t12-,13+/m0/s1. The lowest BCUT2D eigenvalue weighted by molar-refractivity contribution is -0.173. The van der Waals surface area contributed by atoms with Gasteiger partial charge >= 0.3 is 6.18 Å². The molecule has 3 rings (SSSR count). The van der Waals surface area contributed by atoms with Gasteiger partial charge in [0.25, 0.3) is 0 Å². The lowest BCUT2D eigenvalue weighted by Crippen LogP contribution is -2.35. The van der Waals surface area contributed by atoms with Crippen molar-refractivity contribution in [2.45, 2.75) is 38.0 Å². The van der Waals surface area contributed by atoms with Gasteiger partial charge in [0.15, 0.2) is 6.04 Å². The number of halogens is 3. The molecule has 3 nitrogen and oxygen atoms in total. The zero-order valence-corrected chi connectivity index (χ0v) is 11.6. The molecular formula is C15H16F3N3. The van der Waals surface area contributed by atoms with E-state index in [0.29, 0.717) is 5.82 Å². The molecule has 1 aromatic carbocycles. The Balaban J connectivity index is 1.92. The number of benzene rings is 1. The van der Waals surface area contributed by atoms with Crippen LogP contribution in [0.5, 0.6) is 0 Å². The zero-order chi connectivity index (χ0) is 15.0. The number of anilines is 1. The van der Waals surface area contributed by atoms with Crippen molar-refractivity contribution in [3.05, 3.63) is 47.7 Å². The van der Waals surface area contributed by atoms with Crippen LogP contribution < -0.4 is 5.32 Å². The van der Waals surface area contributed by atoms with Gasteiger partial charge in [-0.25, -0.2) is 4.68 Å². The molecule has 21 heavy (non-hydrogen) atoms. The Morgan fingerprint density at radius 3 is 2.57 bits per heavy atom. The van der Waals surface area contributed by atoms with Crippen LogP contribution in [0.3, 0.4) is 0 Å². The summed E-state index contributed by atoms with van der Waals surface area (Å²) < 4.78 is 40.7. The fourth-order valence-electron chi connectivity index (χ4n) is 2.71. The van der Waals surface area contributed by atoms with Gasteiger partial charge in [0, 0.05) is 12.5 Å². The Morgan fingerprint density at radius 1 is 1.24 bits per heavy atom. The first-order valence-corrected chi connectivity index (χ1v) is 6.94. The monoisotopic (exact) mass is 295 g/mol. The van der Waals surface area contributed by atoms with E-state index in [2.05, 4.69) is 10.4 Å². The maximum Gasteiger partial charge on any atom is 0.410 e. The summed E-state index contributed by atoms with van der Waals surface area (Å²) in [5.41, 5.74) is 2.04. The van der Waals surface area contributed by atoms with Crippen LogP contribution in [0.4, 0.5) is 19.0 Å². The van der Waals surface area contributed by atoms with Gasteiger partial charge in [0.05, 0.1) is 12.2 Å². The van der Waals surface area contributed by atoms with Crippen molar-refractivity contribution in [3.63, 3.8) is 0 Å². The minimum atomic E-state index is -4.30. The third kappa shape index (κ3) is 2.62. The van der Waals surface area contributed by atoms with Crippen molar-refractivity contribution < 1.29 is 13.2 Å². The summed E-state index contributed by atoms with van der Waals surface area (Å²) in [6, 6.07) is 7.36. The molecule has 0 saturated carbocycles. The van der Waals surface area contributed by atoms with Crippen LogP contribution in [0.25, 0.3) is 0 Å². The van der Waals surface area contributed by atoms with E-state index in [1.807, 2.05) is 31.2 Å². The Kier molecular flexibility index (Phi) is 3.39. The summed E-state index contributed by atoms with van der Waals surface area (Å²) >= 11 is 0. The lowest BCUT2D eigenvalue weighted by atomic mass is 9.96. The van der Waals surface area contributed by atoms with Crippen LogP contribution in [-0.4, -0.2) is 16.0 Å². The summed E-state index contributed by atoms with van der Waals surface area (Å²) in [5, 5.41) is 6.93. The predicted molar refractivity (Wildman–Crippen MR) is 74.1 cm³/mol. The normalized spacial score (nSPS) is 21.7. The molecule has 112 valence electrons. The molecule has 0 unspecified atom stereocenters. The average molecular weight is 295 g/mol. The van der Waals surface area contributed by atoms with Crippen LogP contribution >= 0.6 is 0 Å². The van der Waals surface area contributed by atoms with Crippen LogP contribution in [0.2, 0.25) is 0 Å². The first-order valence-electron chi connectivity index (χ1n) is 6.94. The number of nitrogens with zero attached hydrogens (tertiary/aromatic N) is 2. The maximum absolute atomic E-state index is 13.2. The van der Waals surface area contributed by atoms with Crippen LogP contribution in [0, 0.1) is 0 Å². The molecule has 2 atom stereocenters. The Morgan fingerprint density at radius 2 is 1.95 bits per heavy atom. The van der Waals surface area contributed by atoms with E-state index in [0.717, 1.165) is 16.7 Å². The molecule has 0 radical (unpaired) electrons. The van der Waals surface area contributed by atoms with E-state index in [9.17, 15) is 13.2 Å². The molecule has 1 N–H and O–H groups in total. The topological polar surface area (TPSA) is 29.9 Å². The minimum Gasteiger partial charge on any atom is -0.363 e. The summed E-state index contributed by atoms with van der Waals surface area (Å²) in [5.74, 6) is 0.410. The van der Waals surface area contributed by atoms with Crippen molar-refractivity contribution in [1.29, 1.82) is 0 Å². The van der Waals surface area contributed by atoms with Crippen molar-refractivity contribution in [3.8, 4) is 0 Å². The number of aromatic nitrogens is 2. The fraction of sp³-hybridized carbons (Fsp3) is 0.400. The molecule has 0 aliphatic carbocycles. The van der Waals surface area contributed by atoms with E-state index in [1.54, 1.807) is 6.07 Å². The van der Waals surface area contributed by atoms with E-state index in [1.165, 1.54) is 11.8 Å². The van der Waals surface area contributed by atoms with Crippen molar-refractivity contribution >= 4 is 5.82 Å². The van der Waals surface area contributed by atoms with Gasteiger partial charge in [0.1, 0.15) is 5.82 Å². The Bertz CT molecular complexity index is 616. The molecule has 1 aromatic heterocycles. The van der Waals surface area contributed by atoms with Gasteiger partial charge in [0.2, 0.25) is 0 Å². The largest absolute Gasteiger partial charge is 0.410 e. The first-order chi connectivity index (χ1) is 9.99. The molecule has 0 spiro atoms. The maximum atomic E-state index is 13.2. The number of hydrogen-bond donors (Lipinski definition) is 1. The third-order valence-electron chi connectivity index (χ3n) is 3.91. The highest BCUT2D eigenvalue weighted by molar-refractivity contribution is 5.42. The van der Waals surface area contributed by atoms with Gasteiger partial charge in [-0.05, 0) is 17.5 Å². The summed E-state index contributed by atoms with van der Waals surface area (Å²) in [4.78, 5) is 0. The number of nitrogens with one attached hydrogen (secondary N) is 1. The second-order valence-corrected chi connectivity index (χ2v) is 5.25.